The largest absolute Gasteiger partial charge is 0.298 e. The molecular formula is C18H15N3O3S. The molecule has 0 saturated heterocycles. The van der Waals surface area contributed by atoms with Gasteiger partial charge in [0.1, 0.15) is 0 Å². The highest BCUT2D eigenvalue weighted by Gasteiger charge is 2.14. The molecule has 6 nitrogen and oxygen atoms in total. The number of nitrogens with zero attached hydrogens (tertiary/aromatic N) is 2. The lowest BCUT2D eigenvalue weighted by molar-refractivity contribution is -0.384. The molecule has 0 radical (unpaired) electrons. The summed E-state index contributed by atoms with van der Waals surface area (Å²) < 4.78 is 0. The fourth-order valence-electron chi connectivity index (χ4n) is 2.48. The minimum Gasteiger partial charge on any atom is -0.298 e. The van der Waals surface area contributed by atoms with Gasteiger partial charge in [0.05, 0.1) is 9.80 Å². The number of non-ortho nitro benzene ring substituents is 1. The van der Waals surface area contributed by atoms with E-state index in [0.29, 0.717) is 5.13 Å². The molecule has 3 aromatic rings. The topological polar surface area (TPSA) is 85.1 Å². The van der Waals surface area contributed by atoms with Crippen molar-refractivity contribution in [2.24, 2.45) is 0 Å². The maximum absolute atomic E-state index is 12.3. The van der Waals surface area contributed by atoms with Gasteiger partial charge in [0.15, 0.2) is 5.13 Å². The van der Waals surface area contributed by atoms with Gasteiger partial charge in [-0.3, -0.25) is 20.2 Å². The summed E-state index contributed by atoms with van der Waals surface area (Å²) in [6.45, 7) is 4.07. The van der Waals surface area contributed by atoms with Crippen LogP contribution in [0.4, 0.5) is 10.8 Å². The zero-order valence-corrected chi connectivity index (χ0v) is 14.5. The normalized spacial score (nSPS) is 10.5. The Hall–Kier alpha value is -3.06. The molecule has 0 aliphatic rings. The van der Waals surface area contributed by atoms with Crippen LogP contribution in [0.2, 0.25) is 0 Å². The Labute approximate surface area is 148 Å². The molecule has 7 heteroatoms. The Morgan fingerprint density at radius 3 is 2.72 bits per heavy atom. The van der Waals surface area contributed by atoms with Gasteiger partial charge in [0.2, 0.25) is 0 Å². The van der Waals surface area contributed by atoms with E-state index in [9.17, 15) is 14.9 Å². The minimum absolute atomic E-state index is 0.122. The molecular weight excluding hydrogens is 338 g/mol. The van der Waals surface area contributed by atoms with Gasteiger partial charge < -0.3 is 0 Å². The lowest BCUT2D eigenvalue weighted by Gasteiger charge is -2.04. The number of hydrogen-bond donors (Lipinski definition) is 1. The van der Waals surface area contributed by atoms with Crippen molar-refractivity contribution in [3.63, 3.8) is 0 Å². The number of nitro groups is 1. The summed E-state index contributed by atoms with van der Waals surface area (Å²) >= 11 is 1.36. The molecule has 0 aliphatic heterocycles. The summed E-state index contributed by atoms with van der Waals surface area (Å²) in [5, 5.41) is 14.0. The first-order chi connectivity index (χ1) is 11.9. The SMILES string of the molecule is Cc1ccc(-c2cnc(NC(=O)c3cccc([N+](=O)[O-])c3)s2)c(C)c1. The van der Waals surface area contributed by atoms with E-state index in [0.717, 1.165) is 16.0 Å². The zero-order valence-electron chi connectivity index (χ0n) is 13.6. The van der Waals surface area contributed by atoms with Crippen LogP contribution in [0, 0.1) is 24.0 Å². The molecule has 1 heterocycles. The number of rotatable bonds is 4. The van der Waals surface area contributed by atoms with E-state index in [-0.39, 0.29) is 11.3 Å². The molecule has 1 N–H and O–H groups in total. The number of anilines is 1. The first kappa shape index (κ1) is 16.8. The fraction of sp³-hybridized carbons (Fsp3) is 0.111. The quantitative estimate of drug-likeness (QED) is 0.549. The van der Waals surface area contributed by atoms with Crippen molar-refractivity contribution in [3.05, 3.63) is 75.5 Å². The van der Waals surface area contributed by atoms with Gasteiger partial charge in [-0.1, -0.05) is 41.2 Å². The lowest BCUT2D eigenvalue weighted by atomic mass is 10.1. The molecule has 0 unspecified atom stereocenters. The van der Waals surface area contributed by atoms with Crippen molar-refractivity contribution in [2.45, 2.75) is 13.8 Å². The van der Waals surface area contributed by atoms with E-state index in [1.165, 1.54) is 41.2 Å². The lowest BCUT2D eigenvalue weighted by Crippen LogP contribution is -2.11. The van der Waals surface area contributed by atoms with Crippen LogP contribution in [-0.2, 0) is 0 Å². The average molecular weight is 353 g/mol. The van der Waals surface area contributed by atoms with Crippen molar-refractivity contribution in [1.82, 2.24) is 4.98 Å². The Morgan fingerprint density at radius 2 is 2.00 bits per heavy atom. The third-order valence-electron chi connectivity index (χ3n) is 3.69. The number of thiazole rings is 1. The molecule has 0 spiro atoms. The van der Waals surface area contributed by atoms with Crippen LogP contribution in [0.3, 0.4) is 0 Å². The minimum atomic E-state index is -0.529. The Kier molecular flexibility index (Phi) is 4.58. The van der Waals surface area contributed by atoms with E-state index >= 15 is 0 Å². The van der Waals surface area contributed by atoms with Crippen molar-refractivity contribution < 1.29 is 9.72 Å². The summed E-state index contributed by atoms with van der Waals surface area (Å²) in [6.07, 6.45) is 1.71. The van der Waals surface area contributed by atoms with E-state index < -0.39 is 10.8 Å². The maximum atomic E-state index is 12.3. The predicted octanol–water partition coefficient (Wildman–Crippen LogP) is 4.59. The molecule has 1 aromatic heterocycles. The number of hydrogen-bond acceptors (Lipinski definition) is 5. The fourth-order valence-corrected chi connectivity index (χ4v) is 3.38. The maximum Gasteiger partial charge on any atom is 0.270 e. The number of amides is 1. The highest BCUT2D eigenvalue weighted by molar-refractivity contribution is 7.19. The Balaban J connectivity index is 1.80. The van der Waals surface area contributed by atoms with Gasteiger partial charge in [-0.15, -0.1) is 0 Å². The van der Waals surface area contributed by atoms with Gasteiger partial charge in [0, 0.05) is 23.9 Å². The molecule has 0 atom stereocenters. The van der Waals surface area contributed by atoms with E-state index in [4.69, 9.17) is 0 Å². The van der Waals surface area contributed by atoms with Crippen molar-refractivity contribution >= 4 is 28.1 Å². The van der Waals surface area contributed by atoms with Crippen LogP contribution in [0.25, 0.3) is 10.4 Å². The summed E-state index contributed by atoms with van der Waals surface area (Å²) in [4.78, 5) is 27.7. The standard InChI is InChI=1S/C18H15N3O3S/c1-11-6-7-15(12(2)8-11)16-10-19-18(25-16)20-17(22)13-4-3-5-14(9-13)21(23)24/h3-10H,1-2H3,(H,19,20,22). The number of nitrogens with one attached hydrogen (secondary N) is 1. The van der Waals surface area contributed by atoms with Gasteiger partial charge in [-0.05, 0) is 31.0 Å². The summed E-state index contributed by atoms with van der Waals surface area (Å²) in [5.41, 5.74) is 3.49. The number of benzene rings is 2. The Morgan fingerprint density at radius 1 is 1.20 bits per heavy atom. The third kappa shape index (κ3) is 3.72. The van der Waals surface area contributed by atoms with Crippen LogP contribution in [-0.4, -0.2) is 15.8 Å². The number of aryl methyl sites for hydroxylation is 2. The molecule has 3 rings (SSSR count). The molecule has 0 bridgehead atoms. The van der Waals surface area contributed by atoms with Crippen LogP contribution in [0.5, 0.6) is 0 Å². The summed E-state index contributed by atoms with van der Waals surface area (Å²) in [7, 11) is 0. The molecule has 2 aromatic carbocycles. The molecule has 0 aliphatic carbocycles. The predicted molar refractivity (Wildman–Crippen MR) is 98.1 cm³/mol. The van der Waals surface area contributed by atoms with Crippen LogP contribution in [0.15, 0.2) is 48.7 Å². The van der Waals surface area contributed by atoms with Crippen molar-refractivity contribution in [3.8, 4) is 10.4 Å². The number of nitro benzene ring substituents is 1. The van der Waals surface area contributed by atoms with E-state index in [1.54, 1.807) is 6.20 Å². The zero-order chi connectivity index (χ0) is 18.0. The molecule has 0 saturated carbocycles. The highest BCUT2D eigenvalue weighted by atomic mass is 32.1. The number of aromatic nitrogens is 1. The molecule has 0 fully saturated rings. The van der Waals surface area contributed by atoms with Gasteiger partial charge in [-0.2, -0.15) is 0 Å². The van der Waals surface area contributed by atoms with Crippen LogP contribution < -0.4 is 5.32 Å². The van der Waals surface area contributed by atoms with Crippen LogP contribution in [0.1, 0.15) is 21.5 Å². The number of carbonyl (C=O) groups is 1. The summed E-state index contributed by atoms with van der Waals surface area (Å²) in [5.74, 6) is -0.426. The Bertz CT molecular complexity index is 966. The van der Waals surface area contributed by atoms with E-state index in [1.807, 2.05) is 26.0 Å². The highest BCUT2D eigenvalue weighted by Crippen LogP contribution is 2.31. The smallest absolute Gasteiger partial charge is 0.270 e. The third-order valence-corrected chi connectivity index (χ3v) is 4.64. The van der Waals surface area contributed by atoms with Crippen molar-refractivity contribution in [1.29, 1.82) is 0 Å². The molecule has 25 heavy (non-hydrogen) atoms. The molecule has 1 amide bonds. The second kappa shape index (κ2) is 6.82. The first-order valence-electron chi connectivity index (χ1n) is 7.53. The molecule has 126 valence electrons. The van der Waals surface area contributed by atoms with E-state index in [2.05, 4.69) is 16.4 Å². The second-order valence-electron chi connectivity index (χ2n) is 5.61. The number of carbonyl (C=O) groups excluding carboxylic acids is 1. The average Bonchev–Trinajstić information content (AvgIpc) is 3.03. The summed E-state index contributed by atoms with van der Waals surface area (Å²) in [6, 6.07) is 11.8. The monoisotopic (exact) mass is 353 g/mol. The van der Waals surface area contributed by atoms with Gasteiger partial charge in [-0.25, -0.2) is 4.98 Å². The van der Waals surface area contributed by atoms with Crippen molar-refractivity contribution in [2.75, 3.05) is 5.32 Å². The van der Waals surface area contributed by atoms with Crippen LogP contribution >= 0.6 is 11.3 Å². The van der Waals surface area contributed by atoms with Gasteiger partial charge >= 0.3 is 0 Å². The van der Waals surface area contributed by atoms with Gasteiger partial charge in [0.25, 0.3) is 11.6 Å². The first-order valence-corrected chi connectivity index (χ1v) is 8.35. The second-order valence-corrected chi connectivity index (χ2v) is 6.64.